The van der Waals surface area contributed by atoms with Crippen LogP contribution in [0.15, 0.2) is 48.0 Å². The zero-order valence-electron chi connectivity index (χ0n) is 16.5. The molecule has 1 aromatic heterocycles. The first-order valence-corrected chi connectivity index (χ1v) is 9.85. The van der Waals surface area contributed by atoms with E-state index >= 15 is 0 Å². The highest BCUT2D eigenvalue weighted by Crippen LogP contribution is 2.28. The van der Waals surface area contributed by atoms with Gasteiger partial charge in [-0.05, 0) is 36.8 Å². The number of aromatic nitrogens is 2. The van der Waals surface area contributed by atoms with Gasteiger partial charge in [0.15, 0.2) is 5.96 Å². The number of aliphatic imine (C=N–C) groups is 1. The third-order valence-electron chi connectivity index (χ3n) is 4.65. The van der Waals surface area contributed by atoms with Gasteiger partial charge in [-0.25, -0.2) is 9.98 Å². The molecule has 0 bridgehead atoms. The van der Waals surface area contributed by atoms with Crippen LogP contribution in [0.5, 0.6) is 0 Å². The minimum absolute atomic E-state index is 0.660. The largest absolute Gasteiger partial charge is 0.379 e. The summed E-state index contributed by atoms with van der Waals surface area (Å²) in [6, 6.07) is 8.58. The molecule has 0 atom stereocenters. The number of nitrogens with one attached hydrogen (secondary N) is 1. The van der Waals surface area contributed by atoms with Gasteiger partial charge in [0.2, 0.25) is 0 Å². The summed E-state index contributed by atoms with van der Waals surface area (Å²) in [5.74, 6) is 1.74. The van der Waals surface area contributed by atoms with Gasteiger partial charge in [-0.2, -0.15) is 0 Å². The predicted octanol–water partition coefficient (Wildman–Crippen LogP) is 2.76. The van der Waals surface area contributed by atoms with Crippen LogP contribution in [0.3, 0.4) is 0 Å². The summed E-state index contributed by atoms with van der Waals surface area (Å²) in [4.78, 5) is 11.1. The van der Waals surface area contributed by atoms with Crippen molar-refractivity contribution in [3.63, 3.8) is 0 Å². The van der Waals surface area contributed by atoms with E-state index in [9.17, 15) is 0 Å². The highest BCUT2D eigenvalue weighted by atomic mass is 16.5. The standard InChI is InChI=1S/C21H31N5O/c1-3-23-21(25(2)11-12-27-16-18-7-8-18)24-14-19-5-4-6-20(13-19)15-26-10-9-22-17-26/h4-6,9-10,13,17-18H,3,7-8,11-12,14-16H2,1-2H3,(H,23,24). The molecule has 1 aromatic carbocycles. The molecule has 1 aliphatic rings. The van der Waals surface area contributed by atoms with Gasteiger partial charge in [-0.1, -0.05) is 24.3 Å². The first-order chi connectivity index (χ1) is 13.2. The van der Waals surface area contributed by atoms with Crippen LogP contribution in [0.1, 0.15) is 30.9 Å². The molecule has 0 saturated heterocycles. The number of hydrogen-bond donors (Lipinski definition) is 1. The van der Waals surface area contributed by atoms with Crippen LogP contribution in [-0.2, 0) is 17.8 Å². The van der Waals surface area contributed by atoms with Crippen LogP contribution >= 0.6 is 0 Å². The number of imidazole rings is 1. The normalized spacial score (nSPS) is 14.4. The smallest absolute Gasteiger partial charge is 0.194 e. The van der Waals surface area contributed by atoms with Crippen molar-refractivity contribution in [2.24, 2.45) is 10.9 Å². The number of nitrogens with zero attached hydrogens (tertiary/aromatic N) is 4. The van der Waals surface area contributed by atoms with Gasteiger partial charge in [0.05, 0.1) is 19.5 Å². The van der Waals surface area contributed by atoms with Gasteiger partial charge in [-0.3, -0.25) is 0 Å². The lowest BCUT2D eigenvalue weighted by atomic mass is 10.1. The maximum atomic E-state index is 5.75. The Morgan fingerprint density at radius 1 is 1.37 bits per heavy atom. The van der Waals surface area contributed by atoms with E-state index < -0.39 is 0 Å². The fraction of sp³-hybridized carbons (Fsp3) is 0.524. The lowest BCUT2D eigenvalue weighted by Gasteiger charge is -2.22. The molecule has 0 aliphatic heterocycles. The van der Waals surface area contributed by atoms with Gasteiger partial charge in [0, 0.05) is 45.7 Å². The molecule has 1 aliphatic carbocycles. The van der Waals surface area contributed by atoms with Crippen LogP contribution in [-0.4, -0.2) is 53.8 Å². The van der Waals surface area contributed by atoms with E-state index in [0.717, 1.165) is 44.7 Å². The Bertz CT molecular complexity index is 709. The van der Waals surface area contributed by atoms with Crippen molar-refractivity contribution in [2.75, 3.05) is 33.4 Å². The van der Waals surface area contributed by atoms with Crippen LogP contribution in [0.4, 0.5) is 0 Å². The van der Waals surface area contributed by atoms with E-state index in [4.69, 9.17) is 9.73 Å². The molecule has 1 saturated carbocycles. The Kier molecular flexibility index (Phi) is 7.27. The van der Waals surface area contributed by atoms with Gasteiger partial charge < -0.3 is 19.5 Å². The molecule has 27 heavy (non-hydrogen) atoms. The summed E-state index contributed by atoms with van der Waals surface area (Å²) in [7, 11) is 2.07. The van der Waals surface area contributed by atoms with Gasteiger partial charge in [0.25, 0.3) is 0 Å². The zero-order chi connectivity index (χ0) is 18.9. The molecular weight excluding hydrogens is 338 g/mol. The molecule has 6 heteroatoms. The maximum Gasteiger partial charge on any atom is 0.194 e. The van der Waals surface area contributed by atoms with Crippen LogP contribution < -0.4 is 5.32 Å². The molecule has 1 fully saturated rings. The first kappa shape index (κ1) is 19.4. The second-order valence-corrected chi connectivity index (χ2v) is 7.16. The lowest BCUT2D eigenvalue weighted by molar-refractivity contribution is 0.115. The molecule has 1 N–H and O–H groups in total. The Morgan fingerprint density at radius 3 is 2.96 bits per heavy atom. The van der Waals surface area contributed by atoms with E-state index in [0.29, 0.717) is 6.54 Å². The fourth-order valence-electron chi connectivity index (χ4n) is 2.90. The zero-order valence-corrected chi connectivity index (χ0v) is 16.5. The number of ether oxygens (including phenoxy) is 1. The molecule has 0 amide bonds. The van der Waals surface area contributed by atoms with E-state index in [1.807, 2.05) is 12.5 Å². The predicted molar refractivity (Wildman–Crippen MR) is 109 cm³/mol. The topological polar surface area (TPSA) is 54.7 Å². The van der Waals surface area contributed by atoms with Gasteiger partial charge >= 0.3 is 0 Å². The summed E-state index contributed by atoms with van der Waals surface area (Å²) in [5, 5.41) is 3.37. The number of likely N-dealkylation sites (N-methyl/N-ethyl adjacent to an activating group) is 1. The highest BCUT2D eigenvalue weighted by Gasteiger charge is 2.21. The number of hydrogen-bond acceptors (Lipinski definition) is 3. The monoisotopic (exact) mass is 369 g/mol. The minimum Gasteiger partial charge on any atom is -0.379 e. The summed E-state index contributed by atoms with van der Waals surface area (Å²) >= 11 is 0. The Labute approximate surface area is 162 Å². The van der Waals surface area contributed by atoms with E-state index in [-0.39, 0.29) is 0 Å². The second kappa shape index (κ2) is 10.1. The van der Waals surface area contributed by atoms with E-state index in [2.05, 4.69) is 58.0 Å². The number of benzene rings is 1. The molecule has 6 nitrogen and oxygen atoms in total. The van der Waals surface area contributed by atoms with Crippen molar-refractivity contribution in [3.05, 3.63) is 54.1 Å². The van der Waals surface area contributed by atoms with Gasteiger partial charge in [0.1, 0.15) is 0 Å². The Balaban J connectivity index is 1.53. The van der Waals surface area contributed by atoms with Crippen molar-refractivity contribution in [1.82, 2.24) is 19.8 Å². The van der Waals surface area contributed by atoms with E-state index in [1.165, 1.54) is 24.0 Å². The SMILES string of the molecule is CCNC(=NCc1cccc(Cn2ccnc2)c1)N(C)CCOCC1CC1. The van der Waals surface area contributed by atoms with Crippen molar-refractivity contribution in [3.8, 4) is 0 Å². The summed E-state index contributed by atoms with van der Waals surface area (Å²) in [6.07, 6.45) is 8.30. The summed E-state index contributed by atoms with van der Waals surface area (Å²) in [6.45, 7) is 6.94. The lowest BCUT2D eigenvalue weighted by Crippen LogP contribution is -2.40. The average Bonchev–Trinajstić information content (AvgIpc) is 3.37. The van der Waals surface area contributed by atoms with E-state index in [1.54, 1.807) is 6.20 Å². The minimum atomic E-state index is 0.660. The Hall–Kier alpha value is -2.34. The van der Waals surface area contributed by atoms with Gasteiger partial charge in [-0.15, -0.1) is 0 Å². The van der Waals surface area contributed by atoms with Crippen LogP contribution in [0, 0.1) is 5.92 Å². The molecule has 0 spiro atoms. The molecule has 0 radical (unpaired) electrons. The molecule has 0 unspecified atom stereocenters. The molecule has 146 valence electrons. The molecule has 3 rings (SSSR count). The molecule has 1 heterocycles. The molecular formula is C21H31N5O. The fourth-order valence-corrected chi connectivity index (χ4v) is 2.90. The third kappa shape index (κ3) is 6.71. The summed E-state index contributed by atoms with van der Waals surface area (Å²) in [5.41, 5.74) is 2.47. The maximum absolute atomic E-state index is 5.75. The van der Waals surface area contributed by atoms with Crippen LogP contribution in [0.25, 0.3) is 0 Å². The highest BCUT2D eigenvalue weighted by molar-refractivity contribution is 5.79. The average molecular weight is 370 g/mol. The first-order valence-electron chi connectivity index (χ1n) is 9.85. The van der Waals surface area contributed by atoms with Crippen molar-refractivity contribution < 1.29 is 4.74 Å². The van der Waals surface area contributed by atoms with Crippen LogP contribution in [0.2, 0.25) is 0 Å². The molecule has 2 aromatic rings. The van der Waals surface area contributed by atoms with Crippen molar-refractivity contribution in [1.29, 1.82) is 0 Å². The van der Waals surface area contributed by atoms with Crippen molar-refractivity contribution in [2.45, 2.75) is 32.9 Å². The third-order valence-corrected chi connectivity index (χ3v) is 4.65. The number of rotatable bonds is 10. The number of guanidine groups is 1. The Morgan fingerprint density at radius 2 is 2.22 bits per heavy atom. The van der Waals surface area contributed by atoms with Crippen molar-refractivity contribution >= 4 is 5.96 Å². The summed E-state index contributed by atoms with van der Waals surface area (Å²) < 4.78 is 7.82. The quantitative estimate of drug-likeness (QED) is 0.397. The second-order valence-electron chi connectivity index (χ2n) is 7.16.